The minimum Gasteiger partial charge on any atom is -0.490 e. The molecular formula is C16H19BrN2O. The second-order valence-electron chi connectivity index (χ2n) is 4.51. The monoisotopic (exact) mass is 334 g/mol. The van der Waals surface area contributed by atoms with Gasteiger partial charge in [-0.05, 0) is 53.5 Å². The van der Waals surface area contributed by atoms with E-state index in [1.165, 1.54) is 0 Å². The molecule has 0 saturated carbocycles. The van der Waals surface area contributed by atoms with Gasteiger partial charge in [-0.3, -0.25) is 4.98 Å². The molecule has 0 amide bonds. The average molecular weight is 335 g/mol. The third-order valence-electron chi connectivity index (χ3n) is 2.96. The molecule has 1 heterocycles. The molecule has 0 radical (unpaired) electrons. The molecule has 0 saturated heterocycles. The molecule has 20 heavy (non-hydrogen) atoms. The van der Waals surface area contributed by atoms with Gasteiger partial charge in [0, 0.05) is 22.4 Å². The zero-order valence-corrected chi connectivity index (χ0v) is 13.4. The van der Waals surface area contributed by atoms with Crippen LogP contribution < -0.4 is 10.1 Å². The first kappa shape index (κ1) is 14.9. The molecule has 2 aromatic rings. The van der Waals surface area contributed by atoms with Gasteiger partial charge in [0.15, 0.2) is 0 Å². The number of nitrogens with zero attached hydrogens (tertiary/aromatic N) is 1. The lowest BCUT2D eigenvalue weighted by Crippen LogP contribution is -2.12. The predicted octanol–water partition coefficient (Wildman–Crippen LogP) is 4.21. The molecule has 0 atom stereocenters. The summed E-state index contributed by atoms with van der Waals surface area (Å²) in [6.45, 7) is 5.45. The Hall–Kier alpha value is -1.55. The maximum atomic E-state index is 5.80. The summed E-state index contributed by atoms with van der Waals surface area (Å²) in [6, 6.07) is 12.0. The number of ether oxygens (including phenoxy) is 1. The largest absolute Gasteiger partial charge is 0.490 e. The first-order chi connectivity index (χ1) is 9.70. The standard InChI is InChI=1S/C16H19BrN2O/c1-3-14-16(9-8-12(2)19-14)20-11-10-18-15-7-5-4-6-13(15)17/h4-9,18H,3,10-11H2,1-2H3. The molecule has 106 valence electrons. The van der Waals surface area contributed by atoms with E-state index in [0.29, 0.717) is 6.61 Å². The summed E-state index contributed by atoms with van der Waals surface area (Å²) < 4.78 is 6.87. The van der Waals surface area contributed by atoms with Crippen LogP contribution in [-0.2, 0) is 6.42 Å². The maximum absolute atomic E-state index is 5.80. The van der Waals surface area contributed by atoms with Gasteiger partial charge in [0.25, 0.3) is 0 Å². The first-order valence-electron chi connectivity index (χ1n) is 6.78. The van der Waals surface area contributed by atoms with Crippen LogP contribution in [0.2, 0.25) is 0 Å². The van der Waals surface area contributed by atoms with Crippen molar-refractivity contribution in [2.24, 2.45) is 0 Å². The highest BCUT2D eigenvalue weighted by atomic mass is 79.9. The van der Waals surface area contributed by atoms with E-state index in [1.807, 2.05) is 43.3 Å². The van der Waals surface area contributed by atoms with Crippen molar-refractivity contribution in [1.29, 1.82) is 0 Å². The average Bonchev–Trinajstić information content (AvgIpc) is 2.46. The summed E-state index contributed by atoms with van der Waals surface area (Å²) in [7, 11) is 0. The highest BCUT2D eigenvalue weighted by Gasteiger charge is 2.04. The summed E-state index contributed by atoms with van der Waals surface area (Å²) in [5, 5.41) is 3.34. The highest BCUT2D eigenvalue weighted by Crippen LogP contribution is 2.21. The molecule has 1 aromatic carbocycles. The van der Waals surface area contributed by atoms with E-state index < -0.39 is 0 Å². The van der Waals surface area contributed by atoms with Crippen molar-refractivity contribution in [2.45, 2.75) is 20.3 Å². The molecule has 0 spiro atoms. The smallest absolute Gasteiger partial charge is 0.140 e. The van der Waals surface area contributed by atoms with Gasteiger partial charge >= 0.3 is 0 Å². The molecule has 0 aliphatic carbocycles. The van der Waals surface area contributed by atoms with E-state index in [2.05, 4.69) is 33.2 Å². The summed E-state index contributed by atoms with van der Waals surface area (Å²) in [5.41, 5.74) is 3.13. The Bertz CT molecular complexity index is 572. The first-order valence-corrected chi connectivity index (χ1v) is 7.57. The van der Waals surface area contributed by atoms with E-state index in [9.17, 15) is 0 Å². The lowest BCUT2D eigenvalue weighted by atomic mass is 10.2. The summed E-state index contributed by atoms with van der Waals surface area (Å²) in [5.74, 6) is 0.882. The number of aryl methyl sites for hydroxylation is 2. The van der Waals surface area contributed by atoms with Gasteiger partial charge in [-0.15, -0.1) is 0 Å². The number of nitrogens with one attached hydrogen (secondary N) is 1. The molecule has 0 bridgehead atoms. The fraction of sp³-hybridized carbons (Fsp3) is 0.312. The zero-order chi connectivity index (χ0) is 14.4. The van der Waals surface area contributed by atoms with Crippen LogP contribution >= 0.6 is 15.9 Å². The highest BCUT2D eigenvalue weighted by molar-refractivity contribution is 9.10. The number of anilines is 1. The van der Waals surface area contributed by atoms with Gasteiger partial charge in [-0.2, -0.15) is 0 Å². The van der Waals surface area contributed by atoms with E-state index >= 15 is 0 Å². The lowest BCUT2D eigenvalue weighted by Gasteiger charge is -2.12. The van der Waals surface area contributed by atoms with Crippen LogP contribution in [0.3, 0.4) is 0 Å². The molecule has 1 aromatic heterocycles. The van der Waals surface area contributed by atoms with E-state index in [0.717, 1.165) is 40.3 Å². The second-order valence-corrected chi connectivity index (χ2v) is 5.36. The Labute approximate surface area is 128 Å². The topological polar surface area (TPSA) is 34.1 Å². The van der Waals surface area contributed by atoms with Gasteiger partial charge < -0.3 is 10.1 Å². The molecule has 4 heteroatoms. The number of hydrogen-bond donors (Lipinski definition) is 1. The number of benzene rings is 1. The Morgan fingerprint density at radius 3 is 2.75 bits per heavy atom. The molecule has 3 nitrogen and oxygen atoms in total. The van der Waals surface area contributed by atoms with E-state index in [-0.39, 0.29) is 0 Å². The Balaban J connectivity index is 1.86. The van der Waals surface area contributed by atoms with Gasteiger partial charge in [0.2, 0.25) is 0 Å². The molecule has 2 rings (SSSR count). The van der Waals surface area contributed by atoms with Gasteiger partial charge in [0.1, 0.15) is 12.4 Å². The van der Waals surface area contributed by atoms with Gasteiger partial charge in [-0.1, -0.05) is 19.1 Å². The van der Waals surface area contributed by atoms with E-state index in [1.54, 1.807) is 0 Å². The SMILES string of the molecule is CCc1nc(C)ccc1OCCNc1ccccc1Br. The predicted molar refractivity (Wildman–Crippen MR) is 86.5 cm³/mol. The van der Waals surface area contributed by atoms with Crippen molar-refractivity contribution in [3.05, 3.63) is 52.3 Å². The third kappa shape index (κ3) is 3.97. The molecule has 0 unspecified atom stereocenters. The van der Waals surface area contributed by atoms with Gasteiger partial charge in [0.05, 0.1) is 5.69 Å². The number of halogens is 1. The van der Waals surface area contributed by atoms with Crippen molar-refractivity contribution in [3.8, 4) is 5.75 Å². The van der Waals surface area contributed by atoms with Crippen LogP contribution in [0.1, 0.15) is 18.3 Å². The Kier molecular flexibility index (Phi) is 5.41. The van der Waals surface area contributed by atoms with E-state index in [4.69, 9.17) is 4.74 Å². The lowest BCUT2D eigenvalue weighted by molar-refractivity contribution is 0.327. The second kappa shape index (κ2) is 7.29. The summed E-state index contributed by atoms with van der Waals surface area (Å²) >= 11 is 3.51. The number of aromatic nitrogens is 1. The number of para-hydroxylation sites is 1. The van der Waals surface area contributed by atoms with Crippen LogP contribution in [0, 0.1) is 6.92 Å². The van der Waals surface area contributed by atoms with Crippen molar-refractivity contribution in [1.82, 2.24) is 4.98 Å². The van der Waals surface area contributed by atoms with Crippen LogP contribution in [-0.4, -0.2) is 18.1 Å². The van der Waals surface area contributed by atoms with Crippen LogP contribution in [0.5, 0.6) is 5.75 Å². The van der Waals surface area contributed by atoms with Crippen molar-refractivity contribution in [3.63, 3.8) is 0 Å². The van der Waals surface area contributed by atoms with Crippen LogP contribution in [0.4, 0.5) is 5.69 Å². The van der Waals surface area contributed by atoms with Gasteiger partial charge in [-0.25, -0.2) is 0 Å². The fourth-order valence-electron chi connectivity index (χ4n) is 1.93. The molecule has 1 N–H and O–H groups in total. The minimum atomic E-state index is 0.610. The Morgan fingerprint density at radius 2 is 2.00 bits per heavy atom. The number of hydrogen-bond acceptors (Lipinski definition) is 3. The molecular weight excluding hydrogens is 316 g/mol. The number of rotatable bonds is 6. The number of pyridine rings is 1. The van der Waals surface area contributed by atoms with Crippen molar-refractivity contribution >= 4 is 21.6 Å². The van der Waals surface area contributed by atoms with Crippen LogP contribution in [0.25, 0.3) is 0 Å². The third-order valence-corrected chi connectivity index (χ3v) is 3.65. The molecule has 0 aliphatic rings. The maximum Gasteiger partial charge on any atom is 0.140 e. The Morgan fingerprint density at radius 1 is 1.20 bits per heavy atom. The van der Waals surface area contributed by atoms with Crippen molar-refractivity contribution in [2.75, 3.05) is 18.5 Å². The molecule has 0 aliphatic heterocycles. The van der Waals surface area contributed by atoms with Crippen molar-refractivity contribution < 1.29 is 4.74 Å². The normalized spacial score (nSPS) is 10.3. The summed E-state index contributed by atoms with van der Waals surface area (Å²) in [6.07, 6.45) is 0.884. The zero-order valence-electron chi connectivity index (χ0n) is 11.8. The fourth-order valence-corrected chi connectivity index (χ4v) is 2.36. The van der Waals surface area contributed by atoms with Crippen LogP contribution in [0.15, 0.2) is 40.9 Å². The summed E-state index contributed by atoms with van der Waals surface area (Å²) in [4.78, 5) is 4.49. The molecule has 0 fully saturated rings. The quantitative estimate of drug-likeness (QED) is 0.803. The minimum absolute atomic E-state index is 0.610.